The van der Waals surface area contributed by atoms with Crippen LogP contribution in [0.4, 0.5) is 5.69 Å². The second-order valence-electron chi connectivity index (χ2n) is 2.66. The minimum Gasteiger partial charge on any atom is -0.258 e. The number of benzene rings is 1. The molecular formula is C9H11NO2S2. The van der Waals surface area contributed by atoms with E-state index in [2.05, 4.69) is 6.92 Å². The Labute approximate surface area is 90.8 Å². The molecule has 0 unspecified atom stereocenters. The van der Waals surface area contributed by atoms with Crippen LogP contribution in [-0.4, -0.2) is 10.7 Å². The van der Waals surface area contributed by atoms with Crippen LogP contribution >= 0.6 is 21.6 Å². The Kier molecular flexibility index (Phi) is 4.82. The molecule has 0 saturated heterocycles. The summed E-state index contributed by atoms with van der Waals surface area (Å²) in [5.74, 6) is 1.10. The normalized spacial score (nSPS) is 10.1. The topological polar surface area (TPSA) is 43.1 Å². The lowest BCUT2D eigenvalue weighted by atomic mass is 10.3. The van der Waals surface area contributed by atoms with E-state index >= 15 is 0 Å². The fraction of sp³-hybridized carbons (Fsp3) is 0.333. The number of nitro groups is 1. The average molecular weight is 229 g/mol. The molecule has 0 fully saturated rings. The van der Waals surface area contributed by atoms with Crippen LogP contribution in [0.5, 0.6) is 0 Å². The first kappa shape index (κ1) is 11.4. The van der Waals surface area contributed by atoms with Gasteiger partial charge in [-0.05, 0) is 18.6 Å². The molecule has 0 bridgehead atoms. The van der Waals surface area contributed by atoms with Gasteiger partial charge in [0.25, 0.3) is 5.69 Å². The molecule has 0 atom stereocenters. The molecule has 0 aliphatic rings. The summed E-state index contributed by atoms with van der Waals surface area (Å²) in [6, 6.07) is 6.64. The third-order valence-electron chi connectivity index (χ3n) is 1.49. The summed E-state index contributed by atoms with van der Waals surface area (Å²) in [6.45, 7) is 2.13. The van der Waals surface area contributed by atoms with E-state index in [-0.39, 0.29) is 10.6 Å². The average Bonchev–Trinajstić information content (AvgIpc) is 2.19. The summed E-state index contributed by atoms with van der Waals surface area (Å²) < 4.78 is 0. The third-order valence-corrected chi connectivity index (χ3v) is 4.08. The predicted molar refractivity (Wildman–Crippen MR) is 61.7 cm³/mol. The summed E-state index contributed by atoms with van der Waals surface area (Å²) in [5, 5.41) is 10.4. The summed E-state index contributed by atoms with van der Waals surface area (Å²) in [4.78, 5) is 11.0. The van der Waals surface area contributed by atoms with Gasteiger partial charge in [-0.1, -0.05) is 28.5 Å². The van der Waals surface area contributed by atoms with Gasteiger partial charge in [-0.25, -0.2) is 0 Å². The maximum atomic E-state index is 10.4. The molecule has 1 aromatic carbocycles. The lowest BCUT2D eigenvalue weighted by Crippen LogP contribution is -1.86. The Bertz CT molecular complexity index is 300. The van der Waals surface area contributed by atoms with Crippen molar-refractivity contribution in [3.63, 3.8) is 0 Å². The van der Waals surface area contributed by atoms with Crippen LogP contribution in [0.1, 0.15) is 13.3 Å². The van der Waals surface area contributed by atoms with Gasteiger partial charge in [-0.3, -0.25) is 10.1 Å². The van der Waals surface area contributed by atoms with Crippen LogP contribution in [0.3, 0.4) is 0 Å². The highest BCUT2D eigenvalue weighted by molar-refractivity contribution is 8.76. The van der Waals surface area contributed by atoms with Crippen molar-refractivity contribution in [3.05, 3.63) is 34.4 Å². The fourth-order valence-electron chi connectivity index (χ4n) is 0.816. The molecule has 1 aromatic rings. The zero-order valence-corrected chi connectivity index (χ0v) is 9.44. The number of hydrogen-bond donors (Lipinski definition) is 0. The largest absolute Gasteiger partial charge is 0.269 e. The van der Waals surface area contributed by atoms with Gasteiger partial charge < -0.3 is 0 Å². The SMILES string of the molecule is CCCSSc1ccc([N+](=O)[O-])cc1. The van der Waals surface area contributed by atoms with E-state index in [9.17, 15) is 10.1 Å². The van der Waals surface area contributed by atoms with Gasteiger partial charge in [0, 0.05) is 22.8 Å². The lowest BCUT2D eigenvalue weighted by molar-refractivity contribution is -0.384. The van der Waals surface area contributed by atoms with Crippen LogP contribution in [0.25, 0.3) is 0 Å². The van der Waals surface area contributed by atoms with Gasteiger partial charge in [0.15, 0.2) is 0 Å². The molecule has 0 radical (unpaired) electrons. The minimum atomic E-state index is -0.381. The van der Waals surface area contributed by atoms with Crippen LogP contribution in [-0.2, 0) is 0 Å². The first-order valence-corrected chi connectivity index (χ1v) is 6.60. The Morgan fingerprint density at radius 1 is 1.36 bits per heavy atom. The molecule has 14 heavy (non-hydrogen) atoms. The molecule has 5 heteroatoms. The van der Waals surface area contributed by atoms with Crippen LogP contribution in [0.15, 0.2) is 29.2 Å². The van der Waals surface area contributed by atoms with Crippen molar-refractivity contribution in [1.82, 2.24) is 0 Å². The maximum absolute atomic E-state index is 10.4. The maximum Gasteiger partial charge on any atom is 0.269 e. The van der Waals surface area contributed by atoms with E-state index < -0.39 is 0 Å². The Morgan fingerprint density at radius 2 is 2.00 bits per heavy atom. The molecule has 0 aliphatic carbocycles. The Balaban J connectivity index is 2.51. The Morgan fingerprint density at radius 3 is 2.50 bits per heavy atom. The monoisotopic (exact) mass is 229 g/mol. The summed E-state index contributed by atoms with van der Waals surface area (Å²) in [5.41, 5.74) is 0.148. The number of non-ortho nitro benzene ring substituents is 1. The van der Waals surface area contributed by atoms with Crippen molar-refractivity contribution in [2.24, 2.45) is 0 Å². The van der Waals surface area contributed by atoms with Crippen LogP contribution < -0.4 is 0 Å². The van der Waals surface area contributed by atoms with E-state index in [1.165, 1.54) is 12.1 Å². The van der Waals surface area contributed by atoms with Crippen molar-refractivity contribution in [3.8, 4) is 0 Å². The fourth-order valence-corrected chi connectivity index (χ4v) is 2.94. The van der Waals surface area contributed by atoms with Crippen molar-refractivity contribution < 1.29 is 4.92 Å². The van der Waals surface area contributed by atoms with Gasteiger partial charge in [0.1, 0.15) is 0 Å². The van der Waals surface area contributed by atoms with E-state index in [0.29, 0.717) is 0 Å². The second kappa shape index (κ2) is 5.93. The molecular weight excluding hydrogens is 218 g/mol. The van der Waals surface area contributed by atoms with Gasteiger partial charge in [-0.2, -0.15) is 0 Å². The highest BCUT2D eigenvalue weighted by Gasteiger charge is 2.03. The summed E-state index contributed by atoms with van der Waals surface area (Å²) in [6.07, 6.45) is 1.14. The second-order valence-corrected chi connectivity index (χ2v) is 5.15. The van der Waals surface area contributed by atoms with Crippen LogP contribution in [0, 0.1) is 10.1 Å². The number of hydrogen-bond acceptors (Lipinski definition) is 4. The molecule has 3 nitrogen and oxygen atoms in total. The first-order chi connectivity index (χ1) is 6.74. The van der Waals surface area contributed by atoms with E-state index in [4.69, 9.17) is 0 Å². The van der Waals surface area contributed by atoms with Crippen molar-refractivity contribution in [1.29, 1.82) is 0 Å². The van der Waals surface area contributed by atoms with Crippen molar-refractivity contribution >= 4 is 27.3 Å². The quantitative estimate of drug-likeness (QED) is 0.334. The molecule has 0 aliphatic heterocycles. The molecule has 0 spiro atoms. The van der Waals surface area contributed by atoms with Crippen molar-refractivity contribution in [2.45, 2.75) is 18.2 Å². The molecule has 0 saturated carbocycles. The van der Waals surface area contributed by atoms with Gasteiger partial charge in [0.05, 0.1) is 4.92 Å². The highest BCUT2D eigenvalue weighted by atomic mass is 33.1. The lowest BCUT2D eigenvalue weighted by Gasteiger charge is -1.98. The van der Waals surface area contributed by atoms with Crippen molar-refractivity contribution in [2.75, 3.05) is 5.75 Å². The highest BCUT2D eigenvalue weighted by Crippen LogP contribution is 2.32. The predicted octanol–water partition coefficient (Wildman–Crippen LogP) is 3.75. The molecule has 1 rings (SSSR count). The molecule has 0 heterocycles. The zero-order valence-electron chi connectivity index (χ0n) is 7.80. The summed E-state index contributed by atoms with van der Waals surface area (Å²) >= 11 is 0. The van der Waals surface area contributed by atoms with Gasteiger partial charge >= 0.3 is 0 Å². The van der Waals surface area contributed by atoms with Crippen LogP contribution in [0.2, 0.25) is 0 Å². The Hall–Kier alpha value is -0.680. The minimum absolute atomic E-state index is 0.148. The molecule has 0 aromatic heterocycles. The third kappa shape index (κ3) is 3.59. The van der Waals surface area contributed by atoms with E-state index in [0.717, 1.165) is 17.1 Å². The van der Waals surface area contributed by atoms with E-state index in [1.807, 2.05) is 0 Å². The zero-order chi connectivity index (χ0) is 10.4. The van der Waals surface area contributed by atoms with E-state index in [1.54, 1.807) is 33.7 Å². The number of nitro benzene ring substituents is 1. The molecule has 0 amide bonds. The smallest absolute Gasteiger partial charge is 0.258 e. The standard InChI is InChI=1S/C9H11NO2S2/c1-2-7-13-14-9-5-3-8(4-6-9)10(11)12/h3-6H,2,7H2,1H3. The first-order valence-electron chi connectivity index (χ1n) is 4.28. The number of rotatable bonds is 5. The molecule has 76 valence electrons. The number of nitrogens with zero attached hydrogens (tertiary/aromatic N) is 1. The van der Waals surface area contributed by atoms with Gasteiger partial charge in [-0.15, -0.1) is 0 Å². The summed E-state index contributed by atoms with van der Waals surface area (Å²) in [7, 11) is 3.43. The molecule has 0 N–H and O–H groups in total. The van der Waals surface area contributed by atoms with Gasteiger partial charge in [0.2, 0.25) is 0 Å².